The Labute approximate surface area is 192 Å². The summed E-state index contributed by atoms with van der Waals surface area (Å²) < 4.78 is 10.4. The van der Waals surface area contributed by atoms with E-state index in [-0.39, 0.29) is 15.8 Å². The number of halogens is 4. The molecule has 1 amide bonds. The molecule has 0 saturated heterocycles. The summed E-state index contributed by atoms with van der Waals surface area (Å²) in [6.45, 7) is 0.812. The van der Waals surface area contributed by atoms with Gasteiger partial charge in [0.25, 0.3) is 5.91 Å². The second-order valence-electron chi connectivity index (χ2n) is 6.14. The van der Waals surface area contributed by atoms with Crippen LogP contribution in [0.15, 0.2) is 36.4 Å². The Morgan fingerprint density at radius 2 is 1.73 bits per heavy atom. The van der Waals surface area contributed by atoms with Gasteiger partial charge in [0, 0.05) is 16.1 Å². The molecule has 0 atom stereocenters. The topological polar surface area (TPSA) is 77.5 Å². The molecule has 1 heterocycles. The monoisotopic (exact) mass is 486 g/mol. The van der Waals surface area contributed by atoms with Crippen LogP contribution < -0.4 is 10.1 Å². The van der Waals surface area contributed by atoms with Crippen LogP contribution in [0.2, 0.25) is 20.1 Å². The lowest BCUT2D eigenvalue weighted by atomic mass is 10.2. The van der Waals surface area contributed by atoms with E-state index in [4.69, 9.17) is 55.9 Å². The first-order valence-electron chi connectivity index (χ1n) is 8.53. The normalized spacial score (nSPS) is 10.7. The number of carbonyl (C=O) groups excluding carboxylic acids is 2. The first kappa shape index (κ1) is 22.4. The first-order valence-corrected chi connectivity index (χ1v) is 10.0. The highest BCUT2D eigenvalue weighted by molar-refractivity contribution is 6.39. The number of nitrogens with zero attached hydrogens (tertiary/aromatic N) is 1. The zero-order chi connectivity index (χ0) is 21.8. The molecule has 0 aliphatic heterocycles. The molecule has 156 valence electrons. The largest absolute Gasteiger partial charge is 0.478 e. The summed E-state index contributed by atoms with van der Waals surface area (Å²) in [5, 5.41) is 4.46. The van der Waals surface area contributed by atoms with E-state index in [2.05, 4.69) is 10.3 Å². The third-order valence-corrected chi connectivity index (χ3v) is 5.02. The maximum absolute atomic E-state index is 12.0. The van der Waals surface area contributed by atoms with Gasteiger partial charge in [-0.15, -0.1) is 0 Å². The van der Waals surface area contributed by atoms with Gasteiger partial charge in [0.05, 0.1) is 20.8 Å². The van der Waals surface area contributed by atoms with Crippen molar-refractivity contribution in [2.75, 3.05) is 18.5 Å². The fourth-order valence-electron chi connectivity index (χ4n) is 2.52. The number of hydrogen-bond acceptors (Lipinski definition) is 5. The van der Waals surface area contributed by atoms with Crippen LogP contribution in [0.3, 0.4) is 0 Å². The highest BCUT2D eigenvalue weighted by atomic mass is 35.5. The lowest BCUT2D eigenvalue weighted by Gasteiger charge is -2.12. The number of carbonyl (C=O) groups is 2. The zero-order valence-corrected chi connectivity index (χ0v) is 18.5. The molecule has 0 radical (unpaired) electrons. The molecular weight excluding hydrogens is 474 g/mol. The predicted molar refractivity (Wildman–Crippen MR) is 118 cm³/mol. The Kier molecular flexibility index (Phi) is 7.26. The number of rotatable bonds is 6. The van der Waals surface area contributed by atoms with Crippen molar-refractivity contribution in [3.63, 3.8) is 0 Å². The number of nitrogens with one attached hydrogen (secondary N) is 1. The van der Waals surface area contributed by atoms with Gasteiger partial charge in [-0.1, -0.05) is 46.4 Å². The van der Waals surface area contributed by atoms with Gasteiger partial charge in [-0.25, -0.2) is 9.78 Å². The van der Waals surface area contributed by atoms with Gasteiger partial charge >= 0.3 is 5.97 Å². The maximum Gasteiger partial charge on any atom is 0.344 e. The zero-order valence-electron chi connectivity index (χ0n) is 15.5. The minimum atomic E-state index is -0.765. The molecule has 2 aromatic carbocycles. The number of pyridine rings is 1. The molecule has 0 saturated carbocycles. The molecule has 0 unspecified atom stereocenters. The summed E-state index contributed by atoms with van der Waals surface area (Å²) in [6.07, 6.45) is 0. The lowest BCUT2D eigenvalue weighted by molar-refractivity contribution is -0.149. The van der Waals surface area contributed by atoms with Crippen molar-refractivity contribution < 1.29 is 19.1 Å². The number of ether oxygens (including phenoxy) is 2. The van der Waals surface area contributed by atoms with Crippen molar-refractivity contribution in [2.45, 2.75) is 6.92 Å². The molecule has 1 aromatic heterocycles. The molecule has 10 heteroatoms. The molecule has 0 fully saturated rings. The van der Waals surface area contributed by atoms with Crippen LogP contribution >= 0.6 is 46.4 Å². The molecule has 0 spiro atoms. The predicted octanol–water partition coefficient (Wildman–Crippen LogP) is 5.72. The summed E-state index contributed by atoms with van der Waals surface area (Å²) >= 11 is 24.2. The summed E-state index contributed by atoms with van der Waals surface area (Å²) in [6, 6.07) is 9.68. The van der Waals surface area contributed by atoms with Crippen LogP contribution in [0.25, 0.3) is 10.9 Å². The van der Waals surface area contributed by atoms with Gasteiger partial charge in [0.1, 0.15) is 5.52 Å². The van der Waals surface area contributed by atoms with Crippen LogP contribution in [-0.2, 0) is 14.3 Å². The molecule has 3 rings (SSSR count). The third kappa shape index (κ3) is 5.46. The Morgan fingerprint density at radius 3 is 2.47 bits per heavy atom. The second-order valence-corrected chi connectivity index (χ2v) is 7.80. The summed E-state index contributed by atoms with van der Waals surface area (Å²) in [4.78, 5) is 28.4. The highest BCUT2D eigenvalue weighted by Crippen LogP contribution is 2.37. The average molecular weight is 488 g/mol. The SMILES string of the molecule is Cc1ccc2c(Cl)cc(Cl)c(OCC(=O)OCC(=O)Nc3ccc(Cl)cc3Cl)c2n1. The molecule has 6 nitrogen and oxygen atoms in total. The van der Waals surface area contributed by atoms with Crippen LogP contribution in [-0.4, -0.2) is 30.1 Å². The number of anilines is 1. The Morgan fingerprint density at radius 1 is 0.967 bits per heavy atom. The Balaban J connectivity index is 1.60. The number of esters is 1. The number of benzene rings is 2. The van der Waals surface area contributed by atoms with E-state index in [1.807, 2.05) is 0 Å². The lowest BCUT2D eigenvalue weighted by Crippen LogP contribution is -2.23. The minimum Gasteiger partial charge on any atom is -0.478 e. The van der Waals surface area contributed by atoms with Gasteiger partial charge < -0.3 is 14.8 Å². The van der Waals surface area contributed by atoms with Gasteiger partial charge in [0.15, 0.2) is 19.0 Å². The van der Waals surface area contributed by atoms with E-state index in [0.29, 0.717) is 26.6 Å². The van der Waals surface area contributed by atoms with Crippen molar-refractivity contribution in [2.24, 2.45) is 0 Å². The molecular formula is C20H14Cl4N2O4. The van der Waals surface area contributed by atoms with Gasteiger partial charge in [-0.05, 0) is 43.3 Å². The molecule has 0 aliphatic carbocycles. The number of aromatic nitrogens is 1. The molecule has 0 bridgehead atoms. The van der Waals surface area contributed by atoms with Crippen LogP contribution in [0.4, 0.5) is 5.69 Å². The number of hydrogen-bond donors (Lipinski definition) is 1. The van der Waals surface area contributed by atoms with E-state index in [1.54, 1.807) is 25.1 Å². The van der Waals surface area contributed by atoms with Crippen molar-refractivity contribution in [1.82, 2.24) is 4.98 Å². The second kappa shape index (κ2) is 9.71. The van der Waals surface area contributed by atoms with Crippen molar-refractivity contribution >= 4 is 74.9 Å². The van der Waals surface area contributed by atoms with Crippen molar-refractivity contribution in [1.29, 1.82) is 0 Å². The van der Waals surface area contributed by atoms with Crippen molar-refractivity contribution in [3.05, 3.63) is 62.2 Å². The Bertz CT molecular complexity index is 1140. The van der Waals surface area contributed by atoms with E-state index in [0.717, 1.165) is 5.69 Å². The highest BCUT2D eigenvalue weighted by Gasteiger charge is 2.16. The summed E-state index contributed by atoms with van der Waals surface area (Å²) in [5.74, 6) is -1.13. The Hall–Kier alpha value is -2.25. The average Bonchev–Trinajstić information content (AvgIpc) is 2.68. The summed E-state index contributed by atoms with van der Waals surface area (Å²) in [7, 11) is 0. The van der Waals surface area contributed by atoms with E-state index in [1.165, 1.54) is 18.2 Å². The van der Waals surface area contributed by atoms with Gasteiger partial charge in [-0.2, -0.15) is 0 Å². The fourth-order valence-corrected chi connectivity index (χ4v) is 3.55. The number of amides is 1. The summed E-state index contributed by atoms with van der Waals surface area (Å²) in [5.41, 5.74) is 1.50. The first-order chi connectivity index (χ1) is 14.2. The molecule has 3 aromatic rings. The van der Waals surface area contributed by atoms with E-state index >= 15 is 0 Å². The van der Waals surface area contributed by atoms with E-state index in [9.17, 15) is 9.59 Å². The standard InChI is InChI=1S/C20H14Cl4N2O4/c1-10-2-4-12-13(22)7-15(24)20(19(12)25-10)30-9-18(28)29-8-17(27)26-16-5-3-11(21)6-14(16)23/h2-7H,8-9H2,1H3,(H,26,27). The minimum absolute atomic E-state index is 0.202. The molecule has 30 heavy (non-hydrogen) atoms. The van der Waals surface area contributed by atoms with Crippen LogP contribution in [0.1, 0.15) is 5.69 Å². The molecule has 0 aliphatic rings. The quantitative estimate of drug-likeness (QED) is 0.450. The van der Waals surface area contributed by atoms with Crippen molar-refractivity contribution in [3.8, 4) is 5.75 Å². The molecule has 1 N–H and O–H groups in total. The van der Waals surface area contributed by atoms with Crippen LogP contribution in [0, 0.1) is 6.92 Å². The smallest absolute Gasteiger partial charge is 0.344 e. The fraction of sp³-hybridized carbons (Fsp3) is 0.150. The number of aryl methyl sites for hydroxylation is 1. The maximum atomic E-state index is 12.0. The number of fused-ring (bicyclic) bond motifs is 1. The van der Waals surface area contributed by atoms with Crippen LogP contribution in [0.5, 0.6) is 5.75 Å². The third-order valence-electron chi connectivity index (χ3n) is 3.88. The van der Waals surface area contributed by atoms with E-state index < -0.39 is 25.1 Å². The van der Waals surface area contributed by atoms with Gasteiger partial charge in [0.2, 0.25) is 0 Å². The van der Waals surface area contributed by atoms with Gasteiger partial charge in [-0.3, -0.25) is 4.79 Å².